The molecule has 1 atom stereocenters. The predicted octanol–water partition coefficient (Wildman–Crippen LogP) is 3.45. The second-order valence-corrected chi connectivity index (χ2v) is 3.56. The van der Waals surface area contributed by atoms with E-state index in [0.29, 0.717) is 11.5 Å². The van der Waals surface area contributed by atoms with Crippen LogP contribution in [0.25, 0.3) is 0 Å². The minimum atomic E-state index is -0.877. The lowest BCUT2D eigenvalue weighted by molar-refractivity contribution is 0.0697. The number of aromatic carboxylic acids is 1. The van der Waals surface area contributed by atoms with Crippen LogP contribution in [0.15, 0.2) is 36.9 Å². The molecule has 0 amide bonds. The smallest absolute Gasteiger partial charge is 0.335 e. The maximum Gasteiger partial charge on any atom is 0.335 e. The van der Waals surface area contributed by atoms with Crippen LogP contribution < -0.4 is 0 Å². The Labute approximate surface area is 90.3 Å². The summed E-state index contributed by atoms with van der Waals surface area (Å²) in [6.07, 6.45) is 3.88. The summed E-state index contributed by atoms with van der Waals surface area (Å²) in [6, 6.07) is 7.09. The molecule has 0 bridgehead atoms. The lowest BCUT2D eigenvalue weighted by atomic mass is 9.93. The van der Waals surface area contributed by atoms with Gasteiger partial charge in [-0.2, -0.15) is 0 Å². The van der Waals surface area contributed by atoms with E-state index in [2.05, 4.69) is 13.5 Å². The van der Waals surface area contributed by atoms with Crippen molar-refractivity contribution >= 4 is 5.97 Å². The number of rotatable bonds is 5. The van der Waals surface area contributed by atoms with E-state index in [1.54, 1.807) is 12.1 Å². The van der Waals surface area contributed by atoms with Gasteiger partial charge in [0, 0.05) is 0 Å². The molecule has 1 aromatic carbocycles. The zero-order chi connectivity index (χ0) is 11.3. The maximum absolute atomic E-state index is 10.7. The van der Waals surface area contributed by atoms with Crippen molar-refractivity contribution < 1.29 is 9.90 Å². The van der Waals surface area contributed by atoms with Gasteiger partial charge in [-0.15, -0.1) is 6.58 Å². The van der Waals surface area contributed by atoms with E-state index in [1.165, 1.54) is 5.56 Å². The molecule has 0 heterocycles. The molecule has 2 heteroatoms. The van der Waals surface area contributed by atoms with E-state index in [0.717, 1.165) is 12.8 Å². The summed E-state index contributed by atoms with van der Waals surface area (Å²) in [5.41, 5.74) is 1.52. The number of carboxylic acids is 1. The van der Waals surface area contributed by atoms with Crippen LogP contribution in [0.5, 0.6) is 0 Å². The van der Waals surface area contributed by atoms with Crippen LogP contribution in [0.2, 0.25) is 0 Å². The molecule has 80 valence electrons. The molecule has 0 aliphatic rings. The summed E-state index contributed by atoms with van der Waals surface area (Å²) in [5, 5.41) is 8.76. The normalized spacial score (nSPS) is 12.1. The van der Waals surface area contributed by atoms with Gasteiger partial charge in [0.15, 0.2) is 0 Å². The third kappa shape index (κ3) is 2.94. The molecule has 1 rings (SSSR count). The highest BCUT2D eigenvalue weighted by atomic mass is 16.4. The first-order valence-corrected chi connectivity index (χ1v) is 5.13. The van der Waals surface area contributed by atoms with Crippen molar-refractivity contribution in [1.29, 1.82) is 0 Å². The van der Waals surface area contributed by atoms with Crippen LogP contribution in [-0.2, 0) is 0 Å². The molecule has 0 fully saturated rings. The molecular formula is C13H16O2. The van der Waals surface area contributed by atoms with Crippen LogP contribution >= 0.6 is 0 Å². The Morgan fingerprint density at radius 3 is 2.47 bits per heavy atom. The second kappa shape index (κ2) is 5.35. The molecule has 0 aliphatic heterocycles. The van der Waals surface area contributed by atoms with Crippen molar-refractivity contribution in [3.63, 3.8) is 0 Å². The number of hydrogen-bond acceptors (Lipinski definition) is 1. The van der Waals surface area contributed by atoms with Gasteiger partial charge in [-0.25, -0.2) is 4.79 Å². The minimum Gasteiger partial charge on any atom is -0.478 e. The van der Waals surface area contributed by atoms with Crippen molar-refractivity contribution in [3.8, 4) is 0 Å². The number of carboxylic acid groups (broad SMARTS) is 1. The summed E-state index contributed by atoms with van der Waals surface area (Å²) in [5.74, 6) is -0.427. The van der Waals surface area contributed by atoms with Crippen molar-refractivity contribution in [2.24, 2.45) is 0 Å². The summed E-state index contributed by atoms with van der Waals surface area (Å²) in [6.45, 7) is 5.85. The first-order chi connectivity index (χ1) is 7.19. The monoisotopic (exact) mass is 204 g/mol. The Bertz CT molecular complexity index is 338. The van der Waals surface area contributed by atoms with Gasteiger partial charge in [0.05, 0.1) is 5.56 Å². The molecule has 0 spiro atoms. The Kier molecular flexibility index (Phi) is 4.10. The summed E-state index contributed by atoms with van der Waals surface area (Å²) < 4.78 is 0. The zero-order valence-corrected chi connectivity index (χ0v) is 8.94. The van der Waals surface area contributed by atoms with Crippen molar-refractivity contribution in [1.82, 2.24) is 0 Å². The summed E-state index contributed by atoms with van der Waals surface area (Å²) in [4.78, 5) is 10.7. The largest absolute Gasteiger partial charge is 0.478 e. The van der Waals surface area contributed by atoms with Crippen molar-refractivity contribution in [2.45, 2.75) is 25.7 Å². The van der Waals surface area contributed by atoms with Gasteiger partial charge in [-0.05, 0) is 36.5 Å². The van der Waals surface area contributed by atoms with E-state index in [1.807, 2.05) is 18.2 Å². The highest BCUT2D eigenvalue weighted by Gasteiger charge is 2.08. The summed E-state index contributed by atoms with van der Waals surface area (Å²) in [7, 11) is 0. The van der Waals surface area contributed by atoms with E-state index < -0.39 is 5.97 Å². The maximum atomic E-state index is 10.7. The summed E-state index contributed by atoms with van der Waals surface area (Å²) >= 11 is 0. The van der Waals surface area contributed by atoms with Crippen LogP contribution in [0.4, 0.5) is 0 Å². The predicted molar refractivity (Wildman–Crippen MR) is 61.2 cm³/mol. The fraction of sp³-hybridized carbons (Fsp3) is 0.308. The van der Waals surface area contributed by atoms with Crippen LogP contribution in [0, 0.1) is 0 Å². The third-order valence-electron chi connectivity index (χ3n) is 2.57. The Morgan fingerprint density at radius 2 is 2.07 bits per heavy atom. The molecule has 1 aromatic rings. The minimum absolute atomic E-state index is 0.340. The standard InChI is InChI=1S/C13H16O2/c1-3-5-10(4-2)11-6-8-12(9-7-11)13(14)15/h3,6-10H,1,4-5H2,2H3,(H,14,15). The number of hydrogen-bond donors (Lipinski definition) is 1. The van der Waals surface area contributed by atoms with E-state index in [-0.39, 0.29) is 0 Å². The van der Waals surface area contributed by atoms with E-state index in [4.69, 9.17) is 5.11 Å². The van der Waals surface area contributed by atoms with Crippen molar-refractivity contribution in [2.75, 3.05) is 0 Å². The topological polar surface area (TPSA) is 37.3 Å². The fourth-order valence-electron chi connectivity index (χ4n) is 1.64. The first kappa shape index (κ1) is 11.5. The van der Waals surface area contributed by atoms with Gasteiger partial charge in [0.2, 0.25) is 0 Å². The van der Waals surface area contributed by atoms with Gasteiger partial charge < -0.3 is 5.11 Å². The van der Waals surface area contributed by atoms with Gasteiger partial charge in [-0.3, -0.25) is 0 Å². The van der Waals surface area contributed by atoms with Crippen molar-refractivity contribution in [3.05, 3.63) is 48.0 Å². The van der Waals surface area contributed by atoms with E-state index >= 15 is 0 Å². The zero-order valence-electron chi connectivity index (χ0n) is 8.94. The van der Waals surface area contributed by atoms with Crippen LogP contribution in [0.3, 0.4) is 0 Å². The lowest BCUT2D eigenvalue weighted by Crippen LogP contribution is -1.99. The molecule has 15 heavy (non-hydrogen) atoms. The molecule has 0 saturated carbocycles. The molecular weight excluding hydrogens is 188 g/mol. The SMILES string of the molecule is C=CCC(CC)c1ccc(C(=O)O)cc1. The van der Waals surface area contributed by atoms with Gasteiger partial charge in [0.1, 0.15) is 0 Å². The molecule has 0 saturated heterocycles. The average molecular weight is 204 g/mol. The Morgan fingerprint density at radius 1 is 1.47 bits per heavy atom. The van der Waals surface area contributed by atoms with Crippen LogP contribution in [-0.4, -0.2) is 11.1 Å². The highest BCUT2D eigenvalue weighted by molar-refractivity contribution is 5.87. The molecule has 0 aromatic heterocycles. The number of carbonyl (C=O) groups is 1. The van der Waals surface area contributed by atoms with Gasteiger partial charge in [-0.1, -0.05) is 25.1 Å². The molecule has 1 unspecified atom stereocenters. The second-order valence-electron chi connectivity index (χ2n) is 3.56. The molecule has 0 radical (unpaired) electrons. The molecule has 1 N–H and O–H groups in total. The van der Waals surface area contributed by atoms with E-state index in [9.17, 15) is 4.79 Å². The molecule has 2 nitrogen and oxygen atoms in total. The molecule has 0 aliphatic carbocycles. The number of benzene rings is 1. The average Bonchev–Trinajstić information content (AvgIpc) is 2.26. The van der Waals surface area contributed by atoms with Gasteiger partial charge >= 0.3 is 5.97 Å². The highest BCUT2D eigenvalue weighted by Crippen LogP contribution is 2.23. The van der Waals surface area contributed by atoms with Crippen LogP contribution in [0.1, 0.15) is 41.6 Å². The third-order valence-corrected chi connectivity index (χ3v) is 2.57. The Balaban J connectivity index is 2.86. The number of allylic oxidation sites excluding steroid dienone is 1. The first-order valence-electron chi connectivity index (χ1n) is 5.13. The fourth-order valence-corrected chi connectivity index (χ4v) is 1.64. The quantitative estimate of drug-likeness (QED) is 0.746. The Hall–Kier alpha value is -1.57. The van der Waals surface area contributed by atoms with Gasteiger partial charge in [0.25, 0.3) is 0 Å². The lowest BCUT2D eigenvalue weighted by Gasteiger charge is -2.12.